The van der Waals surface area contributed by atoms with Crippen LogP contribution < -0.4 is 0 Å². The second kappa shape index (κ2) is 6.04. The summed E-state index contributed by atoms with van der Waals surface area (Å²) < 4.78 is 26.7. The topological polar surface area (TPSA) is 77.9 Å². The summed E-state index contributed by atoms with van der Waals surface area (Å²) in [4.78, 5) is 14.9. The van der Waals surface area contributed by atoms with Crippen molar-refractivity contribution in [1.82, 2.24) is 9.21 Å². The first kappa shape index (κ1) is 16.4. The van der Waals surface area contributed by atoms with E-state index in [4.69, 9.17) is 5.11 Å². The predicted octanol–water partition coefficient (Wildman–Crippen LogP) is 1.14. The van der Waals surface area contributed by atoms with Crippen LogP contribution >= 0.6 is 11.3 Å². The average molecular weight is 332 g/mol. The summed E-state index contributed by atoms with van der Waals surface area (Å²) in [6, 6.07) is 1.13. The molecule has 1 aliphatic heterocycles. The molecular formula is C13H20N2O4S2. The zero-order valence-electron chi connectivity index (χ0n) is 12.4. The minimum Gasteiger partial charge on any atom is -0.480 e. The van der Waals surface area contributed by atoms with Crippen molar-refractivity contribution in [2.45, 2.75) is 31.7 Å². The maximum absolute atomic E-state index is 12.6. The van der Waals surface area contributed by atoms with Crippen LogP contribution in [-0.4, -0.2) is 60.9 Å². The highest BCUT2D eigenvalue weighted by molar-refractivity contribution is 7.89. The first-order valence-electron chi connectivity index (χ1n) is 6.77. The number of thiophene rings is 1. The summed E-state index contributed by atoms with van der Waals surface area (Å²) in [5, 5.41) is 9.01. The molecule has 1 aromatic rings. The minimum atomic E-state index is -3.47. The zero-order chi connectivity index (χ0) is 15.8. The number of carbonyl (C=O) groups is 1. The van der Waals surface area contributed by atoms with E-state index < -0.39 is 22.0 Å². The standard InChI is InChI=1S/C13H20N2O4S2/c1-9-8-12(11(3)20-9)21(18,19)15-6-4-14(5-7-15)10(2)13(16)17/h8,10H,4-7H2,1-3H3,(H,16,17). The minimum absolute atomic E-state index is 0.328. The number of rotatable bonds is 4. The molecular weight excluding hydrogens is 312 g/mol. The van der Waals surface area contributed by atoms with E-state index in [9.17, 15) is 13.2 Å². The first-order valence-corrected chi connectivity index (χ1v) is 9.03. The number of nitrogens with zero attached hydrogens (tertiary/aromatic N) is 2. The van der Waals surface area contributed by atoms with Gasteiger partial charge in [-0.2, -0.15) is 4.31 Å². The summed E-state index contributed by atoms with van der Waals surface area (Å²) in [7, 11) is -3.47. The molecule has 1 unspecified atom stereocenters. The van der Waals surface area contributed by atoms with Gasteiger partial charge in [0.25, 0.3) is 0 Å². The SMILES string of the molecule is Cc1cc(S(=O)(=O)N2CCN(C(C)C(=O)O)CC2)c(C)s1. The lowest BCUT2D eigenvalue weighted by atomic mass is 10.2. The Morgan fingerprint density at radius 1 is 1.29 bits per heavy atom. The normalized spacial score (nSPS) is 19.6. The van der Waals surface area contributed by atoms with E-state index in [1.165, 1.54) is 15.6 Å². The third-order valence-corrected chi connectivity index (χ3v) is 6.91. The molecule has 1 aromatic heterocycles. The molecule has 1 fully saturated rings. The summed E-state index contributed by atoms with van der Waals surface area (Å²) >= 11 is 1.48. The first-order chi connectivity index (χ1) is 9.73. The van der Waals surface area contributed by atoms with Crippen LogP contribution in [-0.2, 0) is 14.8 Å². The Kier molecular flexibility index (Phi) is 4.72. The number of carboxylic acids is 1. The fourth-order valence-electron chi connectivity index (χ4n) is 2.49. The maximum Gasteiger partial charge on any atom is 0.320 e. The molecule has 1 atom stereocenters. The number of hydrogen-bond donors (Lipinski definition) is 1. The number of carboxylic acid groups (broad SMARTS) is 1. The van der Waals surface area contributed by atoms with E-state index in [1.807, 2.05) is 13.8 Å². The summed E-state index contributed by atoms with van der Waals surface area (Å²) in [6.45, 7) is 6.86. The fourth-order valence-corrected chi connectivity index (χ4v) is 5.44. The highest BCUT2D eigenvalue weighted by atomic mass is 32.2. The summed E-state index contributed by atoms with van der Waals surface area (Å²) in [5.74, 6) is -0.879. The molecule has 0 amide bonds. The lowest BCUT2D eigenvalue weighted by Crippen LogP contribution is -2.53. The van der Waals surface area contributed by atoms with Crippen LogP contribution in [0.5, 0.6) is 0 Å². The van der Waals surface area contributed by atoms with Crippen LogP contribution in [0.25, 0.3) is 0 Å². The van der Waals surface area contributed by atoms with Crippen molar-refractivity contribution in [1.29, 1.82) is 0 Å². The van der Waals surface area contributed by atoms with Gasteiger partial charge in [0.05, 0.1) is 4.90 Å². The van der Waals surface area contributed by atoms with Gasteiger partial charge < -0.3 is 5.11 Å². The van der Waals surface area contributed by atoms with Crippen molar-refractivity contribution in [2.24, 2.45) is 0 Å². The van der Waals surface area contributed by atoms with Gasteiger partial charge in [0.15, 0.2) is 0 Å². The van der Waals surface area contributed by atoms with Crippen LogP contribution in [0.2, 0.25) is 0 Å². The summed E-state index contributed by atoms with van der Waals surface area (Å²) in [5.41, 5.74) is 0. The van der Waals surface area contributed by atoms with Crippen LogP contribution in [0, 0.1) is 13.8 Å². The van der Waals surface area contributed by atoms with Crippen LogP contribution in [0.3, 0.4) is 0 Å². The molecule has 1 aliphatic rings. The maximum atomic E-state index is 12.6. The van der Waals surface area contributed by atoms with Crippen LogP contribution in [0.4, 0.5) is 0 Å². The molecule has 2 rings (SSSR count). The number of hydrogen-bond acceptors (Lipinski definition) is 5. The lowest BCUT2D eigenvalue weighted by molar-refractivity contribution is -0.143. The molecule has 2 heterocycles. The molecule has 0 bridgehead atoms. The Bertz CT molecular complexity index is 631. The number of piperazine rings is 1. The average Bonchev–Trinajstić information content (AvgIpc) is 2.77. The van der Waals surface area contributed by atoms with Crippen LogP contribution in [0.15, 0.2) is 11.0 Å². The van der Waals surface area contributed by atoms with Gasteiger partial charge in [-0.05, 0) is 26.8 Å². The highest BCUT2D eigenvalue weighted by Gasteiger charge is 2.32. The molecule has 0 saturated carbocycles. The third-order valence-electron chi connectivity index (χ3n) is 3.79. The molecule has 0 aromatic carbocycles. The van der Waals surface area contributed by atoms with Gasteiger partial charge in [0.2, 0.25) is 10.0 Å². The number of aliphatic carboxylic acids is 1. The van der Waals surface area contributed by atoms with Gasteiger partial charge in [-0.3, -0.25) is 9.69 Å². The van der Waals surface area contributed by atoms with Gasteiger partial charge in [-0.1, -0.05) is 0 Å². The Morgan fingerprint density at radius 3 is 2.29 bits per heavy atom. The Balaban J connectivity index is 2.11. The van der Waals surface area contributed by atoms with E-state index in [0.29, 0.717) is 31.1 Å². The van der Waals surface area contributed by atoms with E-state index in [0.717, 1.165) is 9.75 Å². The van der Waals surface area contributed by atoms with Gasteiger partial charge in [-0.25, -0.2) is 8.42 Å². The monoisotopic (exact) mass is 332 g/mol. The van der Waals surface area contributed by atoms with Gasteiger partial charge >= 0.3 is 5.97 Å². The second-order valence-corrected chi connectivity index (χ2v) is 8.60. The zero-order valence-corrected chi connectivity index (χ0v) is 14.0. The molecule has 118 valence electrons. The molecule has 21 heavy (non-hydrogen) atoms. The fraction of sp³-hybridized carbons (Fsp3) is 0.615. The highest BCUT2D eigenvalue weighted by Crippen LogP contribution is 2.28. The molecule has 0 aliphatic carbocycles. The van der Waals surface area contributed by atoms with Gasteiger partial charge in [-0.15, -0.1) is 11.3 Å². The third kappa shape index (κ3) is 3.28. The molecule has 0 spiro atoms. The van der Waals surface area contributed by atoms with Crippen molar-refractivity contribution in [3.8, 4) is 0 Å². The van der Waals surface area contributed by atoms with Crippen molar-refractivity contribution >= 4 is 27.3 Å². The Labute approximate surface area is 129 Å². The molecule has 8 heteroatoms. The van der Waals surface area contributed by atoms with Crippen molar-refractivity contribution in [3.63, 3.8) is 0 Å². The van der Waals surface area contributed by atoms with E-state index in [-0.39, 0.29) is 0 Å². The summed E-state index contributed by atoms with van der Waals surface area (Å²) in [6.07, 6.45) is 0. The Hall–Kier alpha value is -0.960. The van der Waals surface area contributed by atoms with Crippen molar-refractivity contribution in [2.75, 3.05) is 26.2 Å². The molecule has 1 N–H and O–H groups in total. The number of aryl methyl sites for hydroxylation is 2. The predicted molar refractivity (Wildman–Crippen MR) is 81.2 cm³/mol. The van der Waals surface area contributed by atoms with E-state index >= 15 is 0 Å². The molecule has 6 nitrogen and oxygen atoms in total. The van der Waals surface area contributed by atoms with Crippen LogP contribution in [0.1, 0.15) is 16.7 Å². The lowest BCUT2D eigenvalue weighted by Gasteiger charge is -2.35. The Morgan fingerprint density at radius 2 is 1.86 bits per heavy atom. The quantitative estimate of drug-likeness (QED) is 0.895. The molecule has 0 radical (unpaired) electrons. The van der Waals surface area contributed by atoms with Gasteiger partial charge in [0, 0.05) is 35.9 Å². The van der Waals surface area contributed by atoms with E-state index in [2.05, 4.69) is 0 Å². The second-order valence-electron chi connectivity index (χ2n) is 5.23. The van der Waals surface area contributed by atoms with Gasteiger partial charge in [0.1, 0.15) is 6.04 Å². The smallest absolute Gasteiger partial charge is 0.320 e. The van der Waals surface area contributed by atoms with Crippen molar-refractivity contribution in [3.05, 3.63) is 15.8 Å². The largest absolute Gasteiger partial charge is 0.480 e. The molecule has 1 saturated heterocycles. The van der Waals surface area contributed by atoms with E-state index in [1.54, 1.807) is 17.9 Å². The number of sulfonamides is 1. The van der Waals surface area contributed by atoms with Crippen molar-refractivity contribution < 1.29 is 18.3 Å².